The van der Waals surface area contributed by atoms with E-state index in [1.54, 1.807) is 6.92 Å². The Morgan fingerprint density at radius 2 is 1.85 bits per heavy atom. The van der Waals surface area contributed by atoms with Crippen LogP contribution >= 0.6 is 0 Å². The largest absolute Gasteiger partial charge is 0.454 e. The molecule has 3 rings (SSSR count). The third kappa shape index (κ3) is 4.46. The van der Waals surface area contributed by atoms with Crippen LogP contribution in [-0.4, -0.2) is 37.9 Å². The van der Waals surface area contributed by atoms with Crippen molar-refractivity contribution in [3.63, 3.8) is 0 Å². The fourth-order valence-electron chi connectivity index (χ4n) is 3.91. The van der Waals surface area contributed by atoms with E-state index in [9.17, 15) is 9.59 Å². The van der Waals surface area contributed by atoms with Gasteiger partial charge in [-0.25, -0.2) is 4.79 Å². The number of amides is 3. The van der Waals surface area contributed by atoms with Crippen molar-refractivity contribution in [3.05, 3.63) is 23.8 Å². The van der Waals surface area contributed by atoms with Gasteiger partial charge in [0.1, 0.15) is 6.04 Å². The fraction of sp³-hybridized carbons (Fsp3) is 0.600. The molecule has 0 bridgehead atoms. The molecule has 1 heterocycles. The van der Waals surface area contributed by atoms with Crippen molar-refractivity contribution < 1.29 is 19.1 Å². The molecule has 0 aromatic heterocycles. The Balaban J connectivity index is 1.67. The Labute approximate surface area is 160 Å². The second-order valence-corrected chi connectivity index (χ2v) is 7.35. The van der Waals surface area contributed by atoms with Gasteiger partial charge in [0.05, 0.1) is 0 Å². The summed E-state index contributed by atoms with van der Waals surface area (Å²) in [5, 5.41) is 8.40. The van der Waals surface area contributed by atoms with Crippen LogP contribution < -0.4 is 25.4 Å². The van der Waals surface area contributed by atoms with Crippen molar-refractivity contribution in [2.75, 3.05) is 19.9 Å². The lowest BCUT2D eigenvalue weighted by atomic mass is 9.69. The highest BCUT2D eigenvalue weighted by Crippen LogP contribution is 2.43. The van der Waals surface area contributed by atoms with Crippen LogP contribution in [0.25, 0.3) is 0 Å². The van der Waals surface area contributed by atoms with Gasteiger partial charge in [-0.3, -0.25) is 4.79 Å². The summed E-state index contributed by atoms with van der Waals surface area (Å²) in [6.07, 6.45) is 5.50. The number of hydrogen-bond donors (Lipinski definition) is 3. The maximum Gasteiger partial charge on any atom is 0.315 e. The summed E-state index contributed by atoms with van der Waals surface area (Å²) in [6, 6.07) is 5.18. The number of fused-ring (bicyclic) bond motifs is 1. The van der Waals surface area contributed by atoms with Gasteiger partial charge in [0.15, 0.2) is 11.5 Å². The molecule has 0 unspecified atom stereocenters. The molecule has 7 heteroatoms. The number of ether oxygens (including phenoxy) is 2. The van der Waals surface area contributed by atoms with Crippen LogP contribution in [0.15, 0.2) is 18.2 Å². The zero-order chi connectivity index (χ0) is 19.3. The van der Waals surface area contributed by atoms with Crippen LogP contribution in [0.2, 0.25) is 0 Å². The van der Waals surface area contributed by atoms with Gasteiger partial charge in [-0.1, -0.05) is 25.3 Å². The van der Waals surface area contributed by atoms with E-state index in [0.29, 0.717) is 13.1 Å². The van der Waals surface area contributed by atoms with Crippen LogP contribution in [0.4, 0.5) is 4.79 Å². The Hall–Kier alpha value is -2.44. The number of urea groups is 1. The van der Waals surface area contributed by atoms with Crippen molar-refractivity contribution in [1.82, 2.24) is 16.0 Å². The predicted octanol–water partition coefficient (Wildman–Crippen LogP) is 2.44. The third-order valence-electron chi connectivity index (χ3n) is 5.47. The molecule has 3 amide bonds. The lowest BCUT2D eigenvalue weighted by molar-refractivity contribution is -0.122. The molecule has 1 aliphatic heterocycles. The molecule has 1 fully saturated rings. The van der Waals surface area contributed by atoms with Crippen molar-refractivity contribution in [2.24, 2.45) is 0 Å². The topological polar surface area (TPSA) is 88.7 Å². The predicted molar refractivity (Wildman–Crippen MR) is 102 cm³/mol. The molecule has 0 saturated heterocycles. The first-order valence-electron chi connectivity index (χ1n) is 9.76. The molecule has 1 aromatic carbocycles. The molecule has 0 radical (unpaired) electrons. The number of carbonyl (C=O) groups is 2. The number of likely N-dealkylation sites (N-methyl/N-ethyl adjacent to an activating group) is 1. The zero-order valence-electron chi connectivity index (χ0n) is 16.1. The van der Waals surface area contributed by atoms with Gasteiger partial charge in [-0.2, -0.15) is 0 Å². The van der Waals surface area contributed by atoms with Crippen LogP contribution in [-0.2, 0) is 10.2 Å². The van der Waals surface area contributed by atoms with Crippen LogP contribution in [0, 0.1) is 0 Å². The van der Waals surface area contributed by atoms with Gasteiger partial charge >= 0.3 is 6.03 Å². The van der Waals surface area contributed by atoms with Crippen LogP contribution in [0.1, 0.15) is 51.5 Å². The first kappa shape index (κ1) is 19.3. The molecule has 27 heavy (non-hydrogen) atoms. The second kappa shape index (κ2) is 8.50. The van der Waals surface area contributed by atoms with E-state index < -0.39 is 6.04 Å². The number of hydrogen-bond acceptors (Lipinski definition) is 4. The van der Waals surface area contributed by atoms with E-state index in [1.807, 2.05) is 19.1 Å². The summed E-state index contributed by atoms with van der Waals surface area (Å²) in [4.78, 5) is 24.1. The van der Waals surface area contributed by atoms with Crippen molar-refractivity contribution >= 4 is 11.9 Å². The summed E-state index contributed by atoms with van der Waals surface area (Å²) in [5.41, 5.74) is 1.05. The molecule has 1 aromatic rings. The van der Waals surface area contributed by atoms with E-state index in [4.69, 9.17) is 9.47 Å². The molecule has 0 spiro atoms. The average molecular weight is 375 g/mol. The molecule has 1 aliphatic carbocycles. The highest BCUT2D eigenvalue weighted by atomic mass is 16.7. The van der Waals surface area contributed by atoms with E-state index >= 15 is 0 Å². The molecule has 1 saturated carbocycles. The maximum absolute atomic E-state index is 12.3. The lowest BCUT2D eigenvalue weighted by Gasteiger charge is -2.38. The van der Waals surface area contributed by atoms with Crippen LogP contribution in [0.5, 0.6) is 11.5 Å². The van der Waals surface area contributed by atoms with Crippen molar-refractivity contribution in [1.29, 1.82) is 0 Å². The summed E-state index contributed by atoms with van der Waals surface area (Å²) < 4.78 is 11.0. The number of rotatable bonds is 6. The normalized spacial score (nSPS) is 18.4. The van der Waals surface area contributed by atoms with Crippen molar-refractivity contribution in [2.45, 2.75) is 57.4 Å². The number of carbonyl (C=O) groups excluding carboxylic acids is 2. The van der Waals surface area contributed by atoms with Crippen molar-refractivity contribution in [3.8, 4) is 11.5 Å². The minimum absolute atomic E-state index is 0.120. The molecule has 148 valence electrons. The highest BCUT2D eigenvalue weighted by Gasteiger charge is 2.35. The minimum atomic E-state index is -0.571. The molecule has 1 atom stereocenters. The van der Waals surface area contributed by atoms with E-state index in [-0.39, 0.29) is 24.1 Å². The quantitative estimate of drug-likeness (QED) is 0.713. The van der Waals surface area contributed by atoms with E-state index in [1.165, 1.54) is 12.0 Å². The van der Waals surface area contributed by atoms with Gasteiger partial charge in [-0.15, -0.1) is 0 Å². The van der Waals surface area contributed by atoms with Crippen LogP contribution in [0.3, 0.4) is 0 Å². The zero-order valence-corrected chi connectivity index (χ0v) is 16.1. The van der Waals surface area contributed by atoms with Gasteiger partial charge < -0.3 is 25.4 Å². The standard InChI is InChI=1S/C20H29N3O4/c1-3-21-18(24)14(2)23-19(25)22-12-20(9-5-4-6-10-20)15-7-8-16-17(11-15)27-13-26-16/h7-8,11,14H,3-6,9-10,12-13H2,1-2H3,(H,21,24)(H2,22,23,25)/t14-/m0/s1. The smallest absolute Gasteiger partial charge is 0.315 e. The summed E-state index contributed by atoms with van der Waals surface area (Å²) >= 11 is 0. The van der Waals surface area contributed by atoms with E-state index in [2.05, 4.69) is 22.0 Å². The minimum Gasteiger partial charge on any atom is -0.454 e. The van der Waals surface area contributed by atoms with Gasteiger partial charge in [0.25, 0.3) is 0 Å². The van der Waals surface area contributed by atoms with E-state index in [0.717, 1.165) is 37.2 Å². The van der Waals surface area contributed by atoms with Gasteiger partial charge in [0, 0.05) is 18.5 Å². The first-order valence-corrected chi connectivity index (χ1v) is 9.76. The SMILES string of the molecule is CCNC(=O)[C@H](C)NC(=O)NCC1(c2ccc3c(c2)OCO3)CCCCC1. The Morgan fingerprint density at radius 1 is 1.11 bits per heavy atom. The fourth-order valence-corrected chi connectivity index (χ4v) is 3.91. The Bertz CT molecular complexity index is 686. The van der Waals surface area contributed by atoms with Gasteiger partial charge in [-0.05, 0) is 44.4 Å². The maximum atomic E-state index is 12.3. The molecular formula is C20H29N3O4. The van der Waals surface area contributed by atoms with Gasteiger partial charge in [0.2, 0.25) is 12.7 Å². The Morgan fingerprint density at radius 3 is 2.59 bits per heavy atom. The number of nitrogens with one attached hydrogen (secondary N) is 3. The molecule has 2 aliphatic rings. The summed E-state index contributed by atoms with van der Waals surface area (Å²) in [5.74, 6) is 1.36. The third-order valence-corrected chi connectivity index (χ3v) is 5.47. The first-order chi connectivity index (χ1) is 13.0. The average Bonchev–Trinajstić information content (AvgIpc) is 3.15. The Kier molecular flexibility index (Phi) is 6.08. The second-order valence-electron chi connectivity index (χ2n) is 7.35. The summed E-state index contributed by atoms with van der Waals surface area (Å²) in [7, 11) is 0. The molecule has 7 nitrogen and oxygen atoms in total. The monoisotopic (exact) mass is 375 g/mol. The highest BCUT2D eigenvalue weighted by molar-refractivity contribution is 5.86. The molecular weight excluding hydrogens is 346 g/mol. The lowest BCUT2D eigenvalue weighted by Crippen LogP contribution is -2.51. The molecule has 3 N–H and O–H groups in total. The summed E-state index contributed by atoms with van der Waals surface area (Å²) in [6.45, 7) is 4.85. The number of benzene rings is 1.